The second-order valence-electron chi connectivity index (χ2n) is 6.30. The summed E-state index contributed by atoms with van der Waals surface area (Å²) in [5.41, 5.74) is 1.69. The van der Waals surface area contributed by atoms with Gasteiger partial charge in [0.25, 0.3) is 0 Å². The van der Waals surface area contributed by atoms with E-state index in [0.717, 1.165) is 6.07 Å². The Kier molecular flexibility index (Phi) is 4.65. The van der Waals surface area contributed by atoms with Crippen molar-refractivity contribution in [3.05, 3.63) is 78.1 Å². The number of alkyl halides is 3. The van der Waals surface area contributed by atoms with Crippen LogP contribution in [0.1, 0.15) is 5.56 Å². The number of halogens is 5. The second kappa shape index (κ2) is 7.16. The smallest absolute Gasteiger partial charge is 0.406 e. The molecule has 0 saturated carbocycles. The zero-order chi connectivity index (χ0) is 20.6. The van der Waals surface area contributed by atoms with E-state index < -0.39 is 18.0 Å². The van der Waals surface area contributed by atoms with Crippen molar-refractivity contribution in [3.63, 3.8) is 0 Å². The van der Waals surface area contributed by atoms with Gasteiger partial charge in [0.05, 0.1) is 5.56 Å². The molecule has 1 N–H and O–H groups in total. The van der Waals surface area contributed by atoms with E-state index in [4.69, 9.17) is 0 Å². The number of H-pyrrole nitrogens is 1. The van der Waals surface area contributed by atoms with Crippen LogP contribution in [0.4, 0.5) is 22.0 Å². The van der Waals surface area contributed by atoms with E-state index in [-0.39, 0.29) is 23.7 Å². The van der Waals surface area contributed by atoms with Gasteiger partial charge in [-0.1, -0.05) is 18.2 Å². The molecule has 0 atom stereocenters. The summed E-state index contributed by atoms with van der Waals surface area (Å²) in [7, 11) is 0. The van der Waals surface area contributed by atoms with Crippen molar-refractivity contribution >= 4 is 11.0 Å². The first-order valence-corrected chi connectivity index (χ1v) is 8.46. The molecule has 0 amide bonds. The third-order valence-electron chi connectivity index (χ3n) is 4.18. The minimum Gasteiger partial charge on any atom is -0.406 e. The Morgan fingerprint density at radius 2 is 1.83 bits per heavy atom. The first-order valence-electron chi connectivity index (χ1n) is 8.46. The summed E-state index contributed by atoms with van der Waals surface area (Å²) in [5.74, 6) is -2.10. The monoisotopic (exact) mass is 406 g/mol. The summed E-state index contributed by atoms with van der Waals surface area (Å²) in [6.07, 6.45) is -1.39. The average Bonchev–Trinajstić information content (AvgIpc) is 3.06. The summed E-state index contributed by atoms with van der Waals surface area (Å²) >= 11 is 0. The normalized spacial score (nSPS) is 11.8. The fourth-order valence-corrected chi connectivity index (χ4v) is 2.97. The first-order chi connectivity index (χ1) is 13.8. The number of nitrogens with one attached hydrogen (secondary N) is 1. The van der Waals surface area contributed by atoms with Crippen LogP contribution in [0.25, 0.3) is 22.4 Å². The lowest BCUT2D eigenvalue weighted by molar-refractivity contribution is -0.687. The number of nitrogens with zero attached hydrogens (tertiary/aromatic N) is 2. The molecule has 29 heavy (non-hydrogen) atoms. The number of hydrogen-bond acceptors (Lipinski definition) is 2. The molecule has 2 aromatic carbocycles. The highest BCUT2D eigenvalue weighted by Crippen LogP contribution is 2.25. The van der Waals surface area contributed by atoms with Crippen molar-refractivity contribution < 1.29 is 31.3 Å². The van der Waals surface area contributed by atoms with Gasteiger partial charge in [0.1, 0.15) is 22.6 Å². The molecule has 0 spiro atoms. The van der Waals surface area contributed by atoms with Gasteiger partial charge in [-0.3, -0.25) is 0 Å². The largest absolute Gasteiger partial charge is 0.573 e. The number of fused-ring (bicyclic) bond motifs is 1. The van der Waals surface area contributed by atoms with Crippen molar-refractivity contribution in [1.82, 2.24) is 9.97 Å². The number of pyridine rings is 1. The van der Waals surface area contributed by atoms with Gasteiger partial charge in [-0.25, -0.2) is 13.8 Å². The number of rotatable bonds is 4. The number of ether oxygens (including phenoxy) is 1. The Labute approximate surface area is 161 Å². The van der Waals surface area contributed by atoms with E-state index in [2.05, 4.69) is 14.7 Å². The van der Waals surface area contributed by atoms with Gasteiger partial charge in [0.15, 0.2) is 30.6 Å². The van der Waals surface area contributed by atoms with Crippen molar-refractivity contribution in [2.24, 2.45) is 0 Å². The fraction of sp³-hybridized carbons (Fsp3) is 0.100. The molecule has 0 fully saturated rings. The molecule has 0 unspecified atom stereocenters. The molecule has 0 aliphatic rings. The summed E-state index contributed by atoms with van der Waals surface area (Å²) in [6, 6.07) is 11.1. The van der Waals surface area contributed by atoms with E-state index in [9.17, 15) is 22.0 Å². The fourth-order valence-electron chi connectivity index (χ4n) is 2.97. The Bertz CT molecular complexity index is 1190. The van der Waals surface area contributed by atoms with Crippen LogP contribution in [0.2, 0.25) is 0 Å². The number of hydrogen-bond donors (Lipinski definition) is 1. The van der Waals surface area contributed by atoms with Crippen molar-refractivity contribution in [2.45, 2.75) is 12.9 Å². The highest BCUT2D eigenvalue weighted by molar-refractivity contribution is 5.77. The Morgan fingerprint density at radius 3 is 2.62 bits per heavy atom. The third kappa shape index (κ3) is 4.18. The molecule has 4 nitrogen and oxygen atoms in total. The van der Waals surface area contributed by atoms with Crippen LogP contribution in [0.15, 0.2) is 60.9 Å². The maximum Gasteiger partial charge on any atom is 0.573 e. The summed E-state index contributed by atoms with van der Waals surface area (Å²) in [4.78, 5) is 7.20. The van der Waals surface area contributed by atoms with Crippen LogP contribution in [0, 0.1) is 11.6 Å². The highest BCUT2D eigenvalue weighted by atomic mass is 19.4. The van der Waals surface area contributed by atoms with Gasteiger partial charge in [-0.05, 0) is 24.3 Å². The standard InChI is InChI=1S/C20H12F5N3O/c21-15-6-2-5-14(18(15)22)19-26-16-7-8-28(11-17(16)27-19)10-12-3-1-4-13(9-12)29-20(23,24)25/h1-9,11H,10H2/p+1. The van der Waals surface area contributed by atoms with Crippen LogP contribution in [-0.4, -0.2) is 16.3 Å². The van der Waals surface area contributed by atoms with Gasteiger partial charge in [0.2, 0.25) is 0 Å². The lowest BCUT2D eigenvalue weighted by Gasteiger charge is -2.09. The molecule has 0 bridgehead atoms. The minimum absolute atomic E-state index is 0.00440. The summed E-state index contributed by atoms with van der Waals surface area (Å²) in [6.45, 7) is 0.272. The molecule has 4 aromatic rings. The first kappa shape index (κ1) is 18.9. The lowest BCUT2D eigenvalue weighted by Crippen LogP contribution is -2.33. The van der Waals surface area contributed by atoms with E-state index in [1.165, 1.54) is 30.3 Å². The quantitative estimate of drug-likeness (QED) is 0.393. The summed E-state index contributed by atoms with van der Waals surface area (Å²) < 4.78 is 70.3. The van der Waals surface area contributed by atoms with Crippen LogP contribution in [-0.2, 0) is 6.54 Å². The second-order valence-corrected chi connectivity index (χ2v) is 6.30. The molecular formula is C20H13F5N3O+. The van der Waals surface area contributed by atoms with E-state index >= 15 is 0 Å². The van der Waals surface area contributed by atoms with E-state index in [1.54, 1.807) is 29.1 Å². The molecule has 2 heterocycles. The molecule has 9 heteroatoms. The lowest BCUT2D eigenvalue weighted by atomic mass is 10.2. The van der Waals surface area contributed by atoms with Gasteiger partial charge in [-0.2, -0.15) is 4.57 Å². The molecule has 0 saturated heterocycles. The van der Waals surface area contributed by atoms with Crippen LogP contribution in [0.3, 0.4) is 0 Å². The number of benzene rings is 2. The highest BCUT2D eigenvalue weighted by Gasteiger charge is 2.31. The van der Waals surface area contributed by atoms with Crippen LogP contribution < -0.4 is 9.30 Å². The van der Waals surface area contributed by atoms with Gasteiger partial charge >= 0.3 is 6.36 Å². The van der Waals surface area contributed by atoms with Crippen LogP contribution >= 0.6 is 0 Å². The van der Waals surface area contributed by atoms with E-state index in [0.29, 0.717) is 16.6 Å². The molecule has 0 aliphatic heterocycles. The maximum absolute atomic E-state index is 14.0. The van der Waals surface area contributed by atoms with Crippen LogP contribution in [0.5, 0.6) is 5.75 Å². The third-order valence-corrected chi connectivity index (χ3v) is 4.18. The Morgan fingerprint density at radius 1 is 1.03 bits per heavy atom. The predicted octanol–water partition coefficient (Wildman–Crippen LogP) is 4.74. The maximum atomic E-state index is 14.0. The Hall–Kier alpha value is -3.49. The zero-order valence-electron chi connectivity index (χ0n) is 14.7. The molecule has 4 rings (SSSR count). The van der Waals surface area contributed by atoms with Gasteiger partial charge in [-0.15, -0.1) is 13.2 Å². The summed E-state index contributed by atoms with van der Waals surface area (Å²) in [5, 5.41) is 0. The van der Waals surface area contributed by atoms with Crippen molar-refractivity contribution in [1.29, 1.82) is 0 Å². The topological polar surface area (TPSA) is 41.8 Å². The molecule has 0 aliphatic carbocycles. The minimum atomic E-state index is -4.76. The number of aromatic amines is 1. The molecular weight excluding hydrogens is 393 g/mol. The van der Waals surface area contributed by atoms with Crippen molar-refractivity contribution in [3.8, 4) is 17.1 Å². The SMILES string of the molecule is Fc1cccc(-c2nc3cc[n+](Cc4cccc(OC(F)(F)F)c4)cc3[nH]2)c1F. The Balaban J connectivity index is 1.62. The molecule has 0 radical (unpaired) electrons. The van der Waals surface area contributed by atoms with Crippen molar-refractivity contribution in [2.75, 3.05) is 0 Å². The predicted molar refractivity (Wildman–Crippen MR) is 93.9 cm³/mol. The molecule has 2 aromatic heterocycles. The average molecular weight is 406 g/mol. The zero-order valence-corrected chi connectivity index (χ0v) is 14.7. The number of imidazole rings is 1. The molecule has 148 valence electrons. The van der Waals surface area contributed by atoms with E-state index in [1.807, 2.05) is 0 Å². The number of aromatic nitrogens is 3. The van der Waals surface area contributed by atoms with Gasteiger partial charge in [0, 0.05) is 11.6 Å². The van der Waals surface area contributed by atoms with Gasteiger partial charge < -0.3 is 9.72 Å².